The third kappa shape index (κ3) is 1.78. The van der Waals surface area contributed by atoms with Crippen LogP contribution >= 0.6 is 0 Å². The summed E-state index contributed by atoms with van der Waals surface area (Å²) in [5, 5.41) is 0. The number of rotatable bonds is 1. The maximum absolute atomic E-state index is 2.53. The van der Waals surface area contributed by atoms with Crippen LogP contribution in [0.15, 0.2) is 23.3 Å². The largest absolute Gasteiger partial charge is 0.298 e. The van der Waals surface area contributed by atoms with E-state index in [-0.39, 0.29) is 0 Å². The van der Waals surface area contributed by atoms with Crippen LogP contribution in [-0.4, -0.2) is 25.0 Å². The van der Waals surface area contributed by atoms with Gasteiger partial charge in [0, 0.05) is 13.1 Å². The standard InChI is InChI=1S/C13H21N/c1-4-11-8-14(3)9-13(11)7-12-6-5-10(12)2/h4,7,10,12H,5-6,8-9H2,1-3H3/b11-4-,13-7-/t10?,12-/m1/s1. The van der Waals surface area contributed by atoms with Gasteiger partial charge in [0.2, 0.25) is 0 Å². The topological polar surface area (TPSA) is 3.24 Å². The molecule has 78 valence electrons. The lowest BCUT2D eigenvalue weighted by molar-refractivity contribution is 0.250. The first kappa shape index (κ1) is 9.97. The van der Waals surface area contributed by atoms with E-state index < -0.39 is 0 Å². The van der Waals surface area contributed by atoms with E-state index in [1.165, 1.54) is 12.8 Å². The molecule has 0 spiro atoms. The Morgan fingerprint density at radius 3 is 2.43 bits per heavy atom. The Balaban J connectivity index is 2.09. The molecule has 0 bridgehead atoms. The van der Waals surface area contributed by atoms with Crippen molar-refractivity contribution in [3.05, 3.63) is 23.3 Å². The number of hydrogen-bond donors (Lipinski definition) is 0. The lowest BCUT2D eigenvalue weighted by Crippen LogP contribution is -2.21. The summed E-state index contributed by atoms with van der Waals surface area (Å²) in [6, 6.07) is 0. The summed E-state index contributed by atoms with van der Waals surface area (Å²) in [6.07, 6.45) is 7.65. The average molecular weight is 191 g/mol. The van der Waals surface area contributed by atoms with E-state index in [9.17, 15) is 0 Å². The number of allylic oxidation sites excluding steroid dienone is 2. The van der Waals surface area contributed by atoms with Gasteiger partial charge in [0.1, 0.15) is 0 Å². The summed E-state index contributed by atoms with van der Waals surface area (Å²) < 4.78 is 0. The second-order valence-electron chi connectivity index (χ2n) is 4.90. The monoisotopic (exact) mass is 191 g/mol. The van der Waals surface area contributed by atoms with E-state index in [0.717, 1.165) is 24.9 Å². The van der Waals surface area contributed by atoms with Crippen molar-refractivity contribution >= 4 is 0 Å². The van der Waals surface area contributed by atoms with Gasteiger partial charge in [-0.3, -0.25) is 4.90 Å². The van der Waals surface area contributed by atoms with Crippen LogP contribution in [0.2, 0.25) is 0 Å². The van der Waals surface area contributed by atoms with Gasteiger partial charge in [-0.1, -0.05) is 19.1 Å². The average Bonchev–Trinajstić information content (AvgIpc) is 2.53. The number of likely N-dealkylation sites (tertiary alicyclic amines) is 1. The minimum Gasteiger partial charge on any atom is -0.298 e. The van der Waals surface area contributed by atoms with Gasteiger partial charge >= 0.3 is 0 Å². The van der Waals surface area contributed by atoms with E-state index in [1.807, 2.05) is 0 Å². The van der Waals surface area contributed by atoms with Gasteiger partial charge in [-0.2, -0.15) is 0 Å². The third-order valence-corrected chi connectivity index (χ3v) is 3.74. The van der Waals surface area contributed by atoms with Crippen molar-refractivity contribution in [3.63, 3.8) is 0 Å². The van der Waals surface area contributed by atoms with Gasteiger partial charge in [0.15, 0.2) is 0 Å². The number of nitrogens with zero attached hydrogens (tertiary/aromatic N) is 1. The zero-order chi connectivity index (χ0) is 10.1. The van der Waals surface area contributed by atoms with Crippen LogP contribution in [0.25, 0.3) is 0 Å². The summed E-state index contributed by atoms with van der Waals surface area (Å²) in [5.41, 5.74) is 3.14. The van der Waals surface area contributed by atoms with Crippen molar-refractivity contribution in [1.29, 1.82) is 0 Å². The van der Waals surface area contributed by atoms with E-state index >= 15 is 0 Å². The molecule has 1 unspecified atom stereocenters. The minimum atomic E-state index is 0.867. The molecule has 2 fully saturated rings. The summed E-state index contributed by atoms with van der Waals surface area (Å²) in [6.45, 7) is 6.83. The van der Waals surface area contributed by atoms with Crippen molar-refractivity contribution < 1.29 is 0 Å². The van der Waals surface area contributed by atoms with Crippen molar-refractivity contribution in [2.24, 2.45) is 11.8 Å². The fourth-order valence-electron chi connectivity index (χ4n) is 2.48. The lowest BCUT2D eigenvalue weighted by Gasteiger charge is -2.31. The van der Waals surface area contributed by atoms with Crippen LogP contribution in [-0.2, 0) is 0 Å². The molecule has 14 heavy (non-hydrogen) atoms. The summed E-state index contributed by atoms with van der Waals surface area (Å²) in [4.78, 5) is 2.39. The molecule has 0 radical (unpaired) electrons. The van der Waals surface area contributed by atoms with Crippen LogP contribution in [0.5, 0.6) is 0 Å². The summed E-state index contributed by atoms with van der Waals surface area (Å²) >= 11 is 0. The van der Waals surface area contributed by atoms with Crippen LogP contribution in [0.4, 0.5) is 0 Å². The first-order valence-corrected chi connectivity index (χ1v) is 5.75. The molecule has 1 heteroatoms. The molecule has 0 amide bonds. The highest BCUT2D eigenvalue weighted by atomic mass is 15.1. The van der Waals surface area contributed by atoms with Crippen molar-refractivity contribution in [3.8, 4) is 0 Å². The lowest BCUT2D eigenvalue weighted by atomic mass is 9.74. The molecule has 1 aliphatic heterocycles. The molecule has 1 saturated carbocycles. The van der Waals surface area contributed by atoms with E-state index in [1.54, 1.807) is 11.1 Å². The molecule has 0 aromatic carbocycles. The smallest absolute Gasteiger partial charge is 0.0234 e. The van der Waals surface area contributed by atoms with Gasteiger partial charge in [-0.25, -0.2) is 0 Å². The zero-order valence-corrected chi connectivity index (χ0v) is 9.59. The predicted octanol–water partition coefficient (Wildman–Crippen LogP) is 2.85. The molecule has 0 aromatic heterocycles. The fourth-order valence-corrected chi connectivity index (χ4v) is 2.48. The molecule has 0 aromatic rings. The number of likely N-dealkylation sites (N-methyl/N-ethyl adjacent to an activating group) is 1. The second-order valence-corrected chi connectivity index (χ2v) is 4.90. The van der Waals surface area contributed by atoms with E-state index in [4.69, 9.17) is 0 Å². The Kier molecular flexibility index (Phi) is 2.78. The predicted molar refractivity (Wildman–Crippen MR) is 61.2 cm³/mol. The molecule has 1 nitrogen and oxygen atoms in total. The Morgan fingerprint density at radius 1 is 1.21 bits per heavy atom. The van der Waals surface area contributed by atoms with Gasteiger partial charge in [-0.05, 0) is 49.8 Å². The minimum absolute atomic E-state index is 0.867. The highest BCUT2D eigenvalue weighted by Gasteiger charge is 2.27. The highest BCUT2D eigenvalue weighted by molar-refractivity contribution is 5.38. The number of hydrogen-bond acceptors (Lipinski definition) is 1. The SMILES string of the molecule is C/C=C1/CN(C)C/C1=C/[C@H]1CCC1C. The molecule has 1 aliphatic carbocycles. The molecule has 2 atom stereocenters. The summed E-state index contributed by atoms with van der Waals surface area (Å²) in [7, 11) is 2.20. The highest BCUT2D eigenvalue weighted by Crippen LogP contribution is 2.37. The van der Waals surface area contributed by atoms with Gasteiger partial charge in [-0.15, -0.1) is 0 Å². The molecule has 2 aliphatic rings. The van der Waals surface area contributed by atoms with Crippen LogP contribution in [0.1, 0.15) is 26.7 Å². The van der Waals surface area contributed by atoms with Gasteiger partial charge < -0.3 is 0 Å². The second kappa shape index (κ2) is 3.90. The van der Waals surface area contributed by atoms with E-state index in [0.29, 0.717) is 0 Å². The molecule has 0 N–H and O–H groups in total. The van der Waals surface area contributed by atoms with E-state index in [2.05, 4.69) is 37.9 Å². The quantitative estimate of drug-likeness (QED) is 0.616. The van der Waals surface area contributed by atoms with Crippen molar-refractivity contribution in [2.45, 2.75) is 26.7 Å². The Morgan fingerprint density at radius 2 is 1.93 bits per heavy atom. The Labute approximate surface area is 87.5 Å². The molecule has 1 saturated heterocycles. The Hall–Kier alpha value is -0.560. The van der Waals surface area contributed by atoms with Crippen LogP contribution in [0.3, 0.4) is 0 Å². The Bertz CT molecular complexity index is 275. The molecular formula is C13H21N. The van der Waals surface area contributed by atoms with Crippen molar-refractivity contribution in [2.75, 3.05) is 20.1 Å². The molecule has 2 rings (SSSR count). The maximum atomic E-state index is 2.53. The third-order valence-electron chi connectivity index (χ3n) is 3.74. The molecular weight excluding hydrogens is 170 g/mol. The first-order chi connectivity index (χ1) is 6.70. The first-order valence-electron chi connectivity index (χ1n) is 5.75. The normalized spacial score (nSPS) is 39.4. The van der Waals surface area contributed by atoms with Crippen LogP contribution in [0, 0.1) is 11.8 Å². The van der Waals surface area contributed by atoms with Gasteiger partial charge in [0.25, 0.3) is 0 Å². The zero-order valence-electron chi connectivity index (χ0n) is 9.59. The van der Waals surface area contributed by atoms with Crippen molar-refractivity contribution in [1.82, 2.24) is 4.90 Å². The summed E-state index contributed by atoms with van der Waals surface area (Å²) in [5.74, 6) is 1.79. The van der Waals surface area contributed by atoms with Crippen LogP contribution < -0.4 is 0 Å². The molecule has 1 heterocycles. The van der Waals surface area contributed by atoms with Gasteiger partial charge in [0.05, 0.1) is 0 Å². The maximum Gasteiger partial charge on any atom is 0.0234 e. The fraction of sp³-hybridized carbons (Fsp3) is 0.692.